The fourth-order valence-electron chi connectivity index (χ4n) is 1.74. The molecule has 0 aliphatic rings. The Balaban J connectivity index is 2.01. The van der Waals surface area contributed by atoms with Crippen LogP contribution < -0.4 is 0 Å². The van der Waals surface area contributed by atoms with Crippen molar-refractivity contribution >= 4 is 11.6 Å². The van der Waals surface area contributed by atoms with Crippen LogP contribution in [0.2, 0.25) is 0 Å². The summed E-state index contributed by atoms with van der Waals surface area (Å²) in [5.41, 5.74) is 1.59. The summed E-state index contributed by atoms with van der Waals surface area (Å²) in [4.78, 5) is 10.2. The zero-order valence-corrected chi connectivity index (χ0v) is 10.0. The summed E-state index contributed by atoms with van der Waals surface area (Å²) in [5, 5.41) is 2.78. The van der Waals surface area contributed by atoms with Gasteiger partial charge in [-0.3, -0.25) is 0 Å². The number of rotatable bonds is 5. The smallest absolute Gasteiger partial charge is 0.169 e. The highest BCUT2D eigenvalue weighted by atomic mass is 35.5. The van der Waals surface area contributed by atoms with Crippen molar-refractivity contribution in [2.45, 2.75) is 18.5 Å². The predicted octanol–water partition coefficient (Wildman–Crippen LogP) is 3.41. The van der Waals surface area contributed by atoms with E-state index in [4.69, 9.17) is 11.6 Å². The van der Waals surface area contributed by atoms with Gasteiger partial charge in [-0.05, 0) is 22.4 Å². The van der Waals surface area contributed by atoms with Crippen LogP contribution in [0.4, 0.5) is 0 Å². The predicted molar refractivity (Wildman–Crippen MR) is 69.1 cm³/mol. The van der Waals surface area contributed by atoms with Gasteiger partial charge in [0.25, 0.3) is 0 Å². The maximum Gasteiger partial charge on any atom is 0.169 e. The van der Waals surface area contributed by atoms with E-state index < -0.39 is 5.50 Å². The van der Waals surface area contributed by atoms with Crippen LogP contribution in [0.25, 0.3) is 0 Å². The minimum atomic E-state index is -0.678. The fourth-order valence-corrected chi connectivity index (χ4v) is 1.91. The van der Waals surface area contributed by atoms with Crippen molar-refractivity contribution in [3.8, 4) is 0 Å². The molecule has 1 unspecified atom stereocenters. The van der Waals surface area contributed by atoms with E-state index in [1.807, 2.05) is 36.7 Å². The first-order valence-corrected chi connectivity index (χ1v) is 5.86. The van der Waals surface area contributed by atoms with E-state index in [0.29, 0.717) is 6.42 Å². The van der Waals surface area contributed by atoms with E-state index in [1.165, 1.54) is 5.56 Å². The second-order valence-electron chi connectivity index (χ2n) is 3.92. The number of hydrogen-bond acceptors (Lipinski definition) is 2. The first-order valence-electron chi connectivity index (χ1n) is 5.43. The lowest BCUT2D eigenvalue weighted by Gasteiger charge is -2.02. The molecule has 0 aliphatic carbocycles. The summed E-state index contributed by atoms with van der Waals surface area (Å²) >= 11 is 5.68. The average molecular weight is 249 g/mol. The van der Waals surface area contributed by atoms with Crippen molar-refractivity contribution in [2.24, 2.45) is 5.18 Å². The van der Waals surface area contributed by atoms with Crippen molar-refractivity contribution in [3.05, 3.63) is 64.8 Å². The van der Waals surface area contributed by atoms with Crippen LogP contribution in [-0.4, -0.2) is 10.1 Å². The van der Waals surface area contributed by atoms with Crippen molar-refractivity contribution < 1.29 is 0 Å². The summed E-state index contributed by atoms with van der Waals surface area (Å²) < 4.78 is 2.07. The molecule has 0 spiro atoms. The van der Waals surface area contributed by atoms with Gasteiger partial charge < -0.3 is 4.57 Å². The average Bonchev–Trinajstić information content (AvgIpc) is 2.77. The Morgan fingerprint density at radius 1 is 1.18 bits per heavy atom. The topological polar surface area (TPSA) is 34.4 Å². The van der Waals surface area contributed by atoms with Gasteiger partial charge in [0.2, 0.25) is 0 Å². The second kappa shape index (κ2) is 5.64. The van der Waals surface area contributed by atoms with Crippen LogP contribution in [-0.2, 0) is 13.0 Å². The molecule has 0 saturated carbocycles. The van der Waals surface area contributed by atoms with E-state index in [0.717, 1.165) is 12.1 Å². The van der Waals surface area contributed by atoms with Gasteiger partial charge in [0.05, 0.1) is 0 Å². The molecule has 1 aromatic heterocycles. The Hall–Kier alpha value is -1.61. The third-order valence-electron chi connectivity index (χ3n) is 2.54. The zero-order valence-electron chi connectivity index (χ0n) is 9.29. The van der Waals surface area contributed by atoms with Crippen molar-refractivity contribution in [1.82, 2.24) is 4.57 Å². The molecular weight excluding hydrogens is 236 g/mol. The number of halogens is 1. The summed E-state index contributed by atoms with van der Waals surface area (Å²) in [6.45, 7) is 0.822. The van der Waals surface area contributed by atoms with Crippen molar-refractivity contribution in [2.75, 3.05) is 0 Å². The molecule has 1 heterocycles. The molecule has 17 heavy (non-hydrogen) atoms. The summed E-state index contributed by atoms with van der Waals surface area (Å²) in [6, 6.07) is 12.2. The maximum absolute atomic E-state index is 10.2. The summed E-state index contributed by atoms with van der Waals surface area (Å²) in [5.74, 6) is 0. The molecule has 4 heteroatoms. The Morgan fingerprint density at radius 3 is 2.65 bits per heavy atom. The number of aromatic nitrogens is 1. The molecule has 0 fully saturated rings. The molecule has 0 bridgehead atoms. The SMILES string of the molecule is O=NC(Cl)Cc1ccn(Cc2ccccc2)c1. The van der Waals surface area contributed by atoms with E-state index in [1.54, 1.807) is 0 Å². The van der Waals surface area contributed by atoms with Gasteiger partial charge in [-0.15, -0.1) is 4.91 Å². The van der Waals surface area contributed by atoms with Crippen LogP contribution in [0.5, 0.6) is 0 Å². The molecule has 88 valence electrons. The molecule has 0 N–H and O–H groups in total. The van der Waals surface area contributed by atoms with Crippen molar-refractivity contribution in [3.63, 3.8) is 0 Å². The van der Waals surface area contributed by atoms with Gasteiger partial charge in [-0.25, -0.2) is 0 Å². The molecule has 0 aliphatic heterocycles. The molecule has 1 atom stereocenters. The van der Waals surface area contributed by atoms with Crippen molar-refractivity contribution in [1.29, 1.82) is 0 Å². The lowest BCUT2D eigenvalue weighted by atomic mass is 10.2. The fraction of sp³-hybridized carbons (Fsp3) is 0.231. The lowest BCUT2D eigenvalue weighted by molar-refractivity contribution is 0.796. The van der Waals surface area contributed by atoms with Gasteiger partial charge in [0, 0.05) is 25.4 Å². The first-order chi connectivity index (χ1) is 8.28. The highest BCUT2D eigenvalue weighted by molar-refractivity contribution is 6.20. The highest BCUT2D eigenvalue weighted by Gasteiger charge is 2.06. The normalized spacial score (nSPS) is 12.3. The van der Waals surface area contributed by atoms with Gasteiger partial charge in [0.1, 0.15) is 0 Å². The third-order valence-corrected chi connectivity index (χ3v) is 2.77. The lowest BCUT2D eigenvalue weighted by Crippen LogP contribution is -1.98. The highest BCUT2D eigenvalue weighted by Crippen LogP contribution is 2.11. The number of alkyl halides is 1. The molecule has 0 radical (unpaired) electrons. The second-order valence-corrected chi connectivity index (χ2v) is 4.43. The van der Waals surface area contributed by atoms with Crippen LogP contribution in [0.15, 0.2) is 54.0 Å². The van der Waals surface area contributed by atoms with E-state index >= 15 is 0 Å². The number of benzene rings is 1. The van der Waals surface area contributed by atoms with Gasteiger partial charge in [-0.2, -0.15) is 0 Å². The maximum atomic E-state index is 10.2. The number of nitrogens with zero attached hydrogens (tertiary/aromatic N) is 2. The Kier molecular flexibility index (Phi) is 3.94. The van der Waals surface area contributed by atoms with Crippen LogP contribution in [0.3, 0.4) is 0 Å². The third kappa shape index (κ3) is 3.43. The Bertz CT molecular complexity index is 481. The van der Waals surface area contributed by atoms with Crippen LogP contribution >= 0.6 is 11.6 Å². The molecular formula is C13H13ClN2O. The molecule has 0 saturated heterocycles. The standard InChI is InChI=1S/C13H13ClN2O/c14-13(15-17)8-12-6-7-16(10-12)9-11-4-2-1-3-5-11/h1-7,10,13H,8-9H2. The minimum absolute atomic E-state index is 0.479. The van der Waals surface area contributed by atoms with Gasteiger partial charge in [-0.1, -0.05) is 41.9 Å². The Labute approximate surface area is 105 Å². The van der Waals surface area contributed by atoms with E-state index in [9.17, 15) is 4.91 Å². The zero-order chi connectivity index (χ0) is 12.1. The van der Waals surface area contributed by atoms with E-state index in [-0.39, 0.29) is 0 Å². The summed E-state index contributed by atoms with van der Waals surface area (Å²) in [6.07, 6.45) is 4.46. The molecule has 3 nitrogen and oxygen atoms in total. The molecule has 0 amide bonds. The van der Waals surface area contributed by atoms with Gasteiger partial charge in [0.15, 0.2) is 5.50 Å². The van der Waals surface area contributed by atoms with Gasteiger partial charge >= 0.3 is 0 Å². The Morgan fingerprint density at radius 2 is 1.94 bits per heavy atom. The summed E-state index contributed by atoms with van der Waals surface area (Å²) in [7, 11) is 0. The number of hydrogen-bond donors (Lipinski definition) is 0. The number of nitroso groups, excluding NO2 is 1. The largest absolute Gasteiger partial charge is 0.350 e. The van der Waals surface area contributed by atoms with E-state index in [2.05, 4.69) is 21.9 Å². The monoisotopic (exact) mass is 248 g/mol. The molecule has 2 aromatic rings. The quantitative estimate of drug-likeness (QED) is 0.454. The van der Waals surface area contributed by atoms with Crippen LogP contribution in [0, 0.1) is 4.91 Å². The first kappa shape index (κ1) is 11.9. The molecule has 2 rings (SSSR count). The molecule has 1 aromatic carbocycles. The van der Waals surface area contributed by atoms with Crippen LogP contribution in [0.1, 0.15) is 11.1 Å². The minimum Gasteiger partial charge on any atom is -0.350 e.